The summed E-state index contributed by atoms with van der Waals surface area (Å²) in [6, 6.07) is 5.93. The summed E-state index contributed by atoms with van der Waals surface area (Å²) < 4.78 is 1.04. The fourth-order valence-electron chi connectivity index (χ4n) is 3.74. The summed E-state index contributed by atoms with van der Waals surface area (Å²) >= 11 is 9.78. The Morgan fingerprint density at radius 2 is 2.21 bits per heavy atom. The maximum atomic E-state index is 13.0. The molecule has 2 heterocycles. The Labute approximate surface area is 179 Å². The number of carbonyl (C=O) groups excluding carboxylic acids is 1. The molecule has 28 heavy (non-hydrogen) atoms. The van der Waals surface area contributed by atoms with Crippen LogP contribution in [0.3, 0.4) is 0 Å². The molecule has 0 radical (unpaired) electrons. The number of rotatable bonds is 4. The fourth-order valence-corrected chi connectivity index (χ4v) is 4.23. The van der Waals surface area contributed by atoms with Crippen molar-refractivity contribution in [2.45, 2.75) is 39.3 Å². The van der Waals surface area contributed by atoms with E-state index in [4.69, 9.17) is 11.6 Å². The van der Waals surface area contributed by atoms with E-state index in [9.17, 15) is 4.79 Å². The maximum absolute atomic E-state index is 13.0. The molecular weight excluding hydrogens is 438 g/mol. The molecule has 0 saturated carbocycles. The molecule has 2 N–H and O–H groups in total. The minimum absolute atomic E-state index is 0.0605. The van der Waals surface area contributed by atoms with Crippen LogP contribution >= 0.6 is 27.5 Å². The summed E-state index contributed by atoms with van der Waals surface area (Å²) in [6.07, 6.45) is 6.35. The van der Waals surface area contributed by atoms with Crippen LogP contribution in [0.15, 0.2) is 58.1 Å². The molecule has 1 aromatic heterocycles. The van der Waals surface area contributed by atoms with Crippen LogP contribution in [-0.2, 0) is 6.42 Å². The van der Waals surface area contributed by atoms with Crippen LogP contribution in [0.2, 0.25) is 0 Å². The number of hydrogen-bond donors (Lipinski definition) is 2. The Balaban J connectivity index is 2.19. The first-order chi connectivity index (χ1) is 13.3. The van der Waals surface area contributed by atoms with E-state index < -0.39 is 0 Å². The molecule has 0 spiro atoms. The first-order valence-corrected chi connectivity index (χ1v) is 10.5. The smallest absolute Gasteiger partial charge is 0.318 e. The maximum Gasteiger partial charge on any atom is 0.318 e. The number of urea groups is 1. The van der Waals surface area contributed by atoms with Crippen LogP contribution in [0, 0.1) is 0 Å². The first kappa shape index (κ1) is 20.7. The molecule has 1 unspecified atom stereocenters. The predicted octanol–water partition coefficient (Wildman–Crippen LogP) is 6.20. The Morgan fingerprint density at radius 3 is 2.86 bits per heavy atom. The molecule has 3 rings (SSSR count). The average molecular weight is 463 g/mol. The molecule has 4 nitrogen and oxygen atoms in total. The fraction of sp³-hybridized carbons (Fsp3) is 0.318. The van der Waals surface area contributed by atoms with Crippen molar-refractivity contribution in [1.82, 2.24) is 15.2 Å². The third-order valence-corrected chi connectivity index (χ3v) is 5.36. The standard InChI is InChI=1S/C22H25BrClN3O/c1-5-6-15(11-14(4)24)21-20-17(9-10-27(21)22(28)25-13(2)3)18-12-16(23)7-8-19(18)26-20/h5-8,11-13,21,26H,1,9-10H2,2-4H3,(H,25,28)/b14-11+,15-6+. The minimum atomic E-state index is -0.264. The molecule has 2 amide bonds. The highest BCUT2D eigenvalue weighted by Gasteiger charge is 2.35. The van der Waals surface area contributed by atoms with Crippen molar-refractivity contribution in [3.05, 3.63) is 69.3 Å². The summed E-state index contributed by atoms with van der Waals surface area (Å²) in [7, 11) is 0. The van der Waals surface area contributed by atoms with Gasteiger partial charge < -0.3 is 15.2 Å². The summed E-state index contributed by atoms with van der Waals surface area (Å²) in [6.45, 7) is 10.2. The van der Waals surface area contributed by atoms with Crippen LogP contribution in [0.5, 0.6) is 0 Å². The molecule has 1 aliphatic heterocycles. The Kier molecular flexibility index (Phi) is 6.36. The Hall–Kier alpha value is -1.98. The number of nitrogens with one attached hydrogen (secondary N) is 2. The highest BCUT2D eigenvalue weighted by molar-refractivity contribution is 9.10. The van der Waals surface area contributed by atoms with Gasteiger partial charge in [0.05, 0.1) is 6.04 Å². The van der Waals surface area contributed by atoms with Gasteiger partial charge in [0.1, 0.15) is 0 Å². The van der Waals surface area contributed by atoms with Gasteiger partial charge in [0.2, 0.25) is 0 Å². The molecule has 6 heteroatoms. The van der Waals surface area contributed by atoms with Gasteiger partial charge >= 0.3 is 6.03 Å². The summed E-state index contributed by atoms with van der Waals surface area (Å²) in [5, 5.41) is 4.86. The lowest BCUT2D eigenvalue weighted by molar-refractivity contribution is 0.176. The zero-order chi connectivity index (χ0) is 20.4. The van der Waals surface area contributed by atoms with Crippen molar-refractivity contribution in [3.63, 3.8) is 0 Å². The predicted molar refractivity (Wildman–Crippen MR) is 121 cm³/mol. The normalized spacial score (nSPS) is 17.8. The number of H-pyrrole nitrogens is 1. The second-order valence-corrected chi connectivity index (χ2v) is 8.80. The quantitative estimate of drug-likeness (QED) is 0.522. The second-order valence-electron chi connectivity index (χ2n) is 7.29. The largest absolute Gasteiger partial charge is 0.356 e. The minimum Gasteiger partial charge on any atom is -0.356 e. The van der Waals surface area contributed by atoms with Gasteiger partial charge in [0, 0.05) is 38.7 Å². The summed E-state index contributed by atoms with van der Waals surface area (Å²) in [5.74, 6) is 0. The van der Waals surface area contributed by atoms with Crippen LogP contribution in [-0.4, -0.2) is 28.5 Å². The first-order valence-electron chi connectivity index (χ1n) is 9.35. The van der Waals surface area contributed by atoms with Gasteiger partial charge in [-0.25, -0.2) is 4.79 Å². The highest BCUT2D eigenvalue weighted by atomic mass is 79.9. The molecule has 1 aromatic carbocycles. The van der Waals surface area contributed by atoms with E-state index >= 15 is 0 Å². The van der Waals surface area contributed by atoms with Gasteiger partial charge in [0.25, 0.3) is 0 Å². The van der Waals surface area contributed by atoms with E-state index in [2.05, 4.69) is 44.9 Å². The number of allylic oxidation sites excluding steroid dienone is 3. The number of fused-ring (bicyclic) bond motifs is 3. The number of aromatic nitrogens is 1. The van der Waals surface area contributed by atoms with Gasteiger partial charge in [-0.3, -0.25) is 0 Å². The van der Waals surface area contributed by atoms with Crippen molar-refractivity contribution < 1.29 is 4.79 Å². The zero-order valence-corrected chi connectivity index (χ0v) is 18.7. The van der Waals surface area contributed by atoms with Crippen molar-refractivity contribution in [3.8, 4) is 0 Å². The van der Waals surface area contributed by atoms with Crippen molar-refractivity contribution in [2.75, 3.05) is 6.54 Å². The summed E-state index contributed by atoms with van der Waals surface area (Å²) in [4.78, 5) is 18.4. The van der Waals surface area contributed by atoms with E-state index in [1.807, 2.05) is 43.9 Å². The SMILES string of the molecule is C=C/C=C(\C=C(/C)Cl)C1c2[nH]c3ccc(Br)cc3c2CCN1C(=O)NC(C)C. The Morgan fingerprint density at radius 1 is 1.46 bits per heavy atom. The third kappa shape index (κ3) is 4.20. The van der Waals surface area contributed by atoms with Crippen molar-refractivity contribution in [1.29, 1.82) is 0 Å². The number of hydrogen-bond acceptors (Lipinski definition) is 1. The monoisotopic (exact) mass is 461 g/mol. The van der Waals surface area contributed by atoms with Crippen LogP contribution in [0.1, 0.15) is 38.1 Å². The molecule has 0 bridgehead atoms. The van der Waals surface area contributed by atoms with E-state index in [-0.39, 0.29) is 18.1 Å². The van der Waals surface area contributed by atoms with Crippen LogP contribution < -0.4 is 5.32 Å². The lowest BCUT2D eigenvalue weighted by atomic mass is 9.91. The summed E-state index contributed by atoms with van der Waals surface area (Å²) in [5.41, 5.74) is 4.26. The molecular formula is C22H25BrClN3O. The molecule has 0 aliphatic carbocycles. The topological polar surface area (TPSA) is 48.1 Å². The van der Waals surface area contributed by atoms with Gasteiger partial charge in [-0.15, -0.1) is 0 Å². The number of nitrogens with zero attached hydrogens (tertiary/aromatic N) is 1. The number of benzene rings is 1. The average Bonchev–Trinajstić information content (AvgIpc) is 2.97. The molecule has 1 aliphatic rings. The molecule has 2 aromatic rings. The molecule has 0 fully saturated rings. The molecule has 148 valence electrons. The second kappa shape index (κ2) is 8.58. The van der Waals surface area contributed by atoms with Gasteiger partial charge in [0.15, 0.2) is 0 Å². The van der Waals surface area contributed by atoms with E-state index in [0.29, 0.717) is 11.6 Å². The van der Waals surface area contributed by atoms with E-state index in [1.54, 1.807) is 6.08 Å². The van der Waals surface area contributed by atoms with E-state index in [1.165, 1.54) is 10.9 Å². The lowest BCUT2D eigenvalue weighted by Crippen LogP contribution is -2.48. The lowest BCUT2D eigenvalue weighted by Gasteiger charge is -2.37. The Bertz CT molecular complexity index is 970. The van der Waals surface area contributed by atoms with Crippen molar-refractivity contribution >= 4 is 44.5 Å². The highest BCUT2D eigenvalue weighted by Crippen LogP contribution is 2.40. The third-order valence-electron chi connectivity index (χ3n) is 4.75. The van der Waals surface area contributed by atoms with E-state index in [0.717, 1.165) is 27.7 Å². The number of halogens is 2. The van der Waals surface area contributed by atoms with Crippen LogP contribution in [0.4, 0.5) is 4.79 Å². The van der Waals surface area contributed by atoms with Crippen molar-refractivity contribution in [2.24, 2.45) is 0 Å². The number of amides is 2. The van der Waals surface area contributed by atoms with Gasteiger partial charge in [-0.05, 0) is 62.6 Å². The van der Waals surface area contributed by atoms with Gasteiger partial charge in [-0.2, -0.15) is 0 Å². The number of carbonyl (C=O) groups is 1. The molecule has 0 saturated heterocycles. The number of aromatic amines is 1. The van der Waals surface area contributed by atoms with Gasteiger partial charge in [-0.1, -0.05) is 46.3 Å². The zero-order valence-electron chi connectivity index (χ0n) is 16.4. The van der Waals surface area contributed by atoms with Crippen LogP contribution in [0.25, 0.3) is 10.9 Å². The molecule has 1 atom stereocenters.